The van der Waals surface area contributed by atoms with Gasteiger partial charge >= 0.3 is 5.97 Å². The van der Waals surface area contributed by atoms with Gasteiger partial charge in [-0.15, -0.1) is 0 Å². The molecule has 0 aliphatic rings. The molecule has 2 aromatic rings. The van der Waals surface area contributed by atoms with Gasteiger partial charge in [-0.05, 0) is 45.0 Å². The van der Waals surface area contributed by atoms with Crippen molar-refractivity contribution in [3.63, 3.8) is 0 Å². The van der Waals surface area contributed by atoms with E-state index in [4.69, 9.17) is 9.84 Å². The lowest BCUT2D eigenvalue weighted by molar-refractivity contribution is -0.139. The molecule has 0 fully saturated rings. The first kappa shape index (κ1) is 19.6. The summed E-state index contributed by atoms with van der Waals surface area (Å²) in [7, 11) is 1.41. The fourth-order valence-corrected chi connectivity index (χ4v) is 2.82. The van der Waals surface area contributed by atoms with Gasteiger partial charge in [-0.2, -0.15) is 5.10 Å². The van der Waals surface area contributed by atoms with Crippen LogP contribution in [-0.4, -0.2) is 46.0 Å². The summed E-state index contributed by atoms with van der Waals surface area (Å²) in [6.07, 6.45) is -0.321. The fourth-order valence-electron chi connectivity index (χ4n) is 2.82. The molecule has 7 nitrogen and oxygen atoms in total. The van der Waals surface area contributed by atoms with Gasteiger partial charge in [0.1, 0.15) is 11.5 Å². The average Bonchev–Trinajstić information content (AvgIpc) is 2.84. The van der Waals surface area contributed by atoms with Crippen molar-refractivity contribution in [2.45, 2.75) is 32.7 Å². The number of methoxy groups -OCH3 is 1. The number of ether oxygens (including phenoxy) is 1. The average molecular weight is 363 g/mol. The van der Waals surface area contributed by atoms with Crippen molar-refractivity contribution in [2.75, 3.05) is 13.7 Å². The highest BCUT2D eigenvalue weighted by Gasteiger charge is 2.30. The predicted molar refractivity (Wildman–Crippen MR) is 93.0 cm³/mol. The Kier molecular flexibility index (Phi) is 5.76. The van der Waals surface area contributed by atoms with E-state index in [1.54, 1.807) is 6.92 Å². The molecule has 0 bridgehead atoms. The summed E-state index contributed by atoms with van der Waals surface area (Å²) in [5.41, 5.74) is 0.737. The zero-order valence-corrected chi connectivity index (χ0v) is 15.2. The van der Waals surface area contributed by atoms with Crippen LogP contribution in [0.1, 0.15) is 35.1 Å². The fraction of sp³-hybridized carbons (Fsp3) is 0.389. The summed E-state index contributed by atoms with van der Waals surface area (Å²) in [6, 6.07) is 5.87. The zero-order chi connectivity index (χ0) is 19.5. The number of aromatic nitrogens is 2. The number of carbonyl (C=O) groups excluding carboxylic acids is 1. The van der Waals surface area contributed by atoms with E-state index in [0.29, 0.717) is 0 Å². The van der Waals surface area contributed by atoms with Crippen molar-refractivity contribution in [1.29, 1.82) is 0 Å². The first-order valence-electron chi connectivity index (χ1n) is 8.01. The smallest absolute Gasteiger partial charge is 0.305 e. The molecule has 1 unspecified atom stereocenters. The summed E-state index contributed by atoms with van der Waals surface area (Å²) >= 11 is 0. The van der Waals surface area contributed by atoms with Gasteiger partial charge in [-0.25, -0.2) is 9.07 Å². The highest BCUT2D eigenvalue weighted by Crippen LogP contribution is 2.19. The van der Waals surface area contributed by atoms with Crippen molar-refractivity contribution >= 4 is 11.9 Å². The van der Waals surface area contributed by atoms with Crippen LogP contribution in [0, 0.1) is 19.7 Å². The van der Waals surface area contributed by atoms with E-state index in [2.05, 4.69) is 10.4 Å². The van der Waals surface area contributed by atoms with Gasteiger partial charge in [-0.3, -0.25) is 9.59 Å². The van der Waals surface area contributed by atoms with E-state index in [1.165, 1.54) is 23.9 Å². The number of amides is 1. The maximum Gasteiger partial charge on any atom is 0.305 e. The first-order chi connectivity index (χ1) is 12.1. The number of hydrogen-bond donors (Lipinski definition) is 2. The lowest BCUT2D eigenvalue weighted by Crippen LogP contribution is -2.50. The Morgan fingerprint density at radius 1 is 1.35 bits per heavy atom. The molecule has 26 heavy (non-hydrogen) atoms. The minimum absolute atomic E-state index is 0.0113. The van der Waals surface area contributed by atoms with Crippen LogP contribution in [0.25, 0.3) is 5.69 Å². The van der Waals surface area contributed by atoms with Crippen LogP contribution in [0.5, 0.6) is 0 Å². The maximum atomic E-state index is 14.5. The lowest BCUT2D eigenvalue weighted by atomic mass is 9.98. The summed E-state index contributed by atoms with van der Waals surface area (Å²) in [4.78, 5) is 23.5. The zero-order valence-electron chi connectivity index (χ0n) is 15.2. The van der Waals surface area contributed by atoms with Crippen LogP contribution in [0.2, 0.25) is 0 Å². The van der Waals surface area contributed by atoms with Gasteiger partial charge in [0.05, 0.1) is 24.3 Å². The lowest BCUT2D eigenvalue weighted by Gasteiger charge is -2.28. The summed E-state index contributed by atoms with van der Waals surface area (Å²) in [6.45, 7) is 5.19. The van der Waals surface area contributed by atoms with Gasteiger partial charge in [0.2, 0.25) is 0 Å². The molecule has 0 aliphatic heterocycles. The van der Waals surface area contributed by atoms with E-state index < -0.39 is 23.2 Å². The minimum atomic E-state index is -1.11. The molecule has 1 amide bonds. The van der Waals surface area contributed by atoms with E-state index in [0.717, 1.165) is 17.5 Å². The number of aryl methyl sites for hydroxylation is 2. The number of hydrogen-bond acceptors (Lipinski definition) is 4. The van der Waals surface area contributed by atoms with E-state index in [-0.39, 0.29) is 24.3 Å². The third-order valence-corrected chi connectivity index (χ3v) is 3.87. The Morgan fingerprint density at radius 3 is 2.54 bits per heavy atom. The molecule has 0 saturated carbocycles. The summed E-state index contributed by atoms with van der Waals surface area (Å²) in [5.74, 6) is -2.25. The predicted octanol–water partition coefficient (Wildman–Crippen LogP) is 2.24. The number of carboxylic acid groups (broad SMARTS) is 1. The molecular formula is C18H22FN3O4. The molecule has 1 aromatic heterocycles. The van der Waals surface area contributed by atoms with Crippen molar-refractivity contribution in [1.82, 2.24) is 15.1 Å². The standard InChI is InChI=1S/C18H22FN3O4/c1-11-7-12(2)22(21-11)15-6-5-13(8-14(15)19)17(25)20-18(3,10-26-4)9-16(23)24/h5-8H,9-10H2,1-4H3,(H,20,25)(H,23,24). The largest absolute Gasteiger partial charge is 0.481 e. The van der Waals surface area contributed by atoms with Crippen molar-refractivity contribution in [2.24, 2.45) is 0 Å². The Bertz CT molecular complexity index is 834. The number of nitrogens with zero attached hydrogens (tertiary/aromatic N) is 2. The van der Waals surface area contributed by atoms with E-state index in [1.807, 2.05) is 19.9 Å². The molecular weight excluding hydrogens is 341 g/mol. The van der Waals surface area contributed by atoms with Crippen LogP contribution in [0.15, 0.2) is 24.3 Å². The maximum absolute atomic E-state index is 14.5. The molecule has 2 N–H and O–H groups in total. The first-order valence-corrected chi connectivity index (χ1v) is 8.01. The molecule has 0 saturated heterocycles. The SMILES string of the molecule is COCC(C)(CC(=O)O)NC(=O)c1ccc(-n2nc(C)cc2C)c(F)c1. The summed E-state index contributed by atoms with van der Waals surface area (Å²) in [5, 5.41) is 15.9. The van der Waals surface area contributed by atoms with Gasteiger partial charge in [0, 0.05) is 18.4 Å². The molecule has 1 aromatic carbocycles. The van der Waals surface area contributed by atoms with Crippen molar-refractivity contribution < 1.29 is 23.8 Å². The van der Waals surface area contributed by atoms with Crippen molar-refractivity contribution in [3.8, 4) is 5.69 Å². The minimum Gasteiger partial charge on any atom is -0.481 e. The number of nitrogens with one attached hydrogen (secondary N) is 1. The third kappa shape index (κ3) is 4.45. The topological polar surface area (TPSA) is 93.5 Å². The Hall–Kier alpha value is -2.74. The number of halogens is 1. The van der Waals surface area contributed by atoms with Gasteiger partial charge in [-0.1, -0.05) is 0 Å². The van der Waals surface area contributed by atoms with Crippen molar-refractivity contribution in [3.05, 3.63) is 47.0 Å². The number of aliphatic carboxylic acids is 1. The Balaban J connectivity index is 2.26. The molecule has 2 rings (SSSR count). The number of carboxylic acids is 1. The third-order valence-electron chi connectivity index (χ3n) is 3.87. The molecule has 1 heterocycles. The molecule has 140 valence electrons. The van der Waals surface area contributed by atoms with Crippen LogP contribution in [-0.2, 0) is 9.53 Å². The van der Waals surface area contributed by atoms with Crippen LogP contribution < -0.4 is 5.32 Å². The molecule has 0 aliphatic carbocycles. The number of rotatable bonds is 7. The highest BCUT2D eigenvalue weighted by atomic mass is 19.1. The molecule has 1 atom stereocenters. The van der Waals surface area contributed by atoms with Gasteiger partial charge in [0.15, 0.2) is 0 Å². The second kappa shape index (κ2) is 7.65. The van der Waals surface area contributed by atoms with Crippen LogP contribution in [0.4, 0.5) is 4.39 Å². The normalized spacial score (nSPS) is 13.3. The molecule has 0 radical (unpaired) electrons. The van der Waals surface area contributed by atoms with Crippen LogP contribution >= 0.6 is 0 Å². The van der Waals surface area contributed by atoms with E-state index in [9.17, 15) is 14.0 Å². The molecule has 8 heteroatoms. The van der Waals surface area contributed by atoms with Gasteiger partial charge in [0.25, 0.3) is 5.91 Å². The van der Waals surface area contributed by atoms with E-state index >= 15 is 0 Å². The van der Waals surface area contributed by atoms with Gasteiger partial charge < -0.3 is 15.2 Å². The summed E-state index contributed by atoms with van der Waals surface area (Å²) < 4.78 is 21.0. The monoisotopic (exact) mass is 363 g/mol. The quantitative estimate of drug-likeness (QED) is 0.787. The number of carbonyl (C=O) groups is 2. The highest BCUT2D eigenvalue weighted by molar-refractivity contribution is 5.95. The van der Waals surface area contributed by atoms with Crippen LogP contribution in [0.3, 0.4) is 0 Å². The number of benzene rings is 1. The second-order valence-electron chi connectivity index (χ2n) is 6.52. The Morgan fingerprint density at radius 2 is 2.04 bits per heavy atom. The molecule has 0 spiro atoms. The second-order valence-corrected chi connectivity index (χ2v) is 6.52. The Labute approximate surface area is 150 Å².